The summed E-state index contributed by atoms with van der Waals surface area (Å²) in [4.78, 5) is 24.1. The van der Waals surface area contributed by atoms with Crippen LogP contribution >= 0.6 is 23.5 Å². The average Bonchev–Trinajstić information content (AvgIpc) is 2.96. The molecule has 0 saturated heterocycles. The SMILES string of the molecule is CCSC1(SC)CC[C@H]2[C@@H]3CCC4=CC(=O)C=C[C@]4(C)[C@@]3(F)[C@@H](OC(C)=O)C[C@@]21C. The smallest absolute Gasteiger partial charge is 0.303 e. The quantitative estimate of drug-likeness (QED) is 0.402. The van der Waals surface area contributed by atoms with Crippen molar-refractivity contribution in [3.63, 3.8) is 0 Å². The number of hydrogen-bond donors (Lipinski definition) is 0. The molecule has 30 heavy (non-hydrogen) atoms. The minimum absolute atomic E-state index is 0.0154. The van der Waals surface area contributed by atoms with Crippen LogP contribution in [0, 0.1) is 22.7 Å². The zero-order valence-corrected chi connectivity index (χ0v) is 20.3. The summed E-state index contributed by atoms with van der Waals surface area (Å²) in [7, 11) is 0. The highest BCUT2D eigenvalue weighted by Crippen LogP contribution is 2.74. The summed E-state index contributed by atoms with van der Waals surface area (Å²) in [5, 5.41) is 0. The minimum atomic E-state index is -1.70. The molecule has 3 nitrogen and oxygen atoms in total. The number of esters is 1. The standard InChI is InChI=1S/C24H33FO3S2/c1-6-30-23(29-5)12-10-18-19-8-7-16-13-17(27)9-11-21(16,3)24(19,25)20(28-15(2)26)14-22(18,23)4/h9,11,13,18-20H,6-8,10,12,14H2,1-5H3/t18-,19-,20-,21-,22-,23?,24-/m0/s1. The van der Waals surface area contributed by atoms with Gasteiger partial charge in [0.2, 0.25) is 0 Å². The van der Waals surface area contributed by atoms with Gasteiger partial charge in [-0.2, -0.15) is 0 Å². The van der Waals surface area contributed by atoms with Crippen LogP contribution in [0.5, 0.6) is 0 Å². The lowest BCUT2D eigenvalue weighted by Gasteiger charge is -2.63. The molecule has 0 heterocycles. The van der Waals surface area contributed by atoms with Crippen LogP contribution in [-0.2, 0) is 14.3 Å². The second-order valence-corrected chi connectivity index (χ2v) is 12.7. The fourth-order valence-electron chi connectivity index (χ4n) is 7.31. The topological polar surface area (TPSA) is 43.4 Å². The van der Waals surface area contributed by atoms with Gasteiger partial charge in [0.1, 0.15) is 6.10 Å². The molecular weight excluding hydrogens is 419 g/mol. The number of thioether (sulfide) groups is 2. The highest BCUT2D eigenvalue weighted by atomic mass is 32.2. The monoisotopic (exact) mass is 452 g/mol. The first-order chi connectivity index (χ1) is 14.1. The van der Waals surface area contributed by atoms with Crippen molar-refractivity contribution in [3.05, 3.63) is 23.8 Å². The Labute approximate surface area is 188 Å². The van der Waals surface area contributed by atoms with E-state index in [1.165, 1.54) is 13.0 Å². The molecule has 0 aromatic rings. The van der Waals surface area contributed by atoms with E-state index in [2.05, 4.69) is 20.1 Å². The van der Waals surface area contributed by atoms with Crippen molar-refractivity contribution in [2.24, 2.45) is 22.7 Å². The molecule has 6 heteroatoms. The summed E-state index contributed by atoms with van der Waals surface area (Å²) < 4.78 is 23.4. The lowest BCUT2D eigenvalue weighted by atomic mass is 9.46. The van der Waals surface area contributed by atoms with Crippen LogP contribution in [0.3, 0.4) is 0 Å². The Hall–Kier alpha value is -0.750. The maximum Gasteiger partial charge on any atom is 0.303 e. The second-order valence-electron chi connectivity index (χ2n) is 9.78. The van der Waals surface area contributed by atoms with E-state index in [9.17, 15) is 9.59 Å². The molecular formula is C24H33FO3S2. The van der Waals surface area contributed by atoms with Crippen LogP contribution < -0.4 is 0 Å². The summed E-state index contributed by atoms with van der Waals surface area (Å²) in [5.74, 6) is 0.569. The van der Waals surface area contributed by atoms with Crippen LogP contribution in [0.4, 0.5) is 4.39 Å². The first-order valence-electron chi connectivity index (χ1n) is 11.1. The van der Waals surface area contributed by atoms with Crippen LogP contribution in [0.2, 0.25) is 0 Å². The van der Waals surface area contributed by atoms with E-state index in [0.29, 0.717) is 12.8 Å². The van der Waals surface area contributed by atoms with Gasteiger partial charge in [-0.15, -0.1) is 23.5 Å². The highest BCUT2D eigenvalue weighted by molar-refractivity contribution is 8.18. The fraction of sp³-hybridized carbons (Fsp3) is 0.750. The number of rotatable bonds is 4. The molecule has 3 saturated carbocycles. The number of ketones is 1. The van der Waals surface area contributed by atoms with Crippen LogP contribution in [-0.4, -0.2) is 39.6 Å². The predicted octanol–water partition coefficient (Wildman–Crippen LogP) is 5.74. The van der Waals surface area contributed by atoms with Gasteiger partial charge in [0.05, 0.1) is 4.08 Å². The van der Waals surface area contributed by atoms with E-state index in [1.807, 2.05) is 30.4 Å². The number of ether oxygens (including phenoxy) is 1. The van der Waals surface area contributed by atoms with Crippen LogP contribution in [0.15, 0.2) is 23.8 Å². The van der Waals surface area contributed by atoms with E-state index in [-0.39, 0.29) is 27.1 Å². The summed E-state index contributed by atoms with van der Waals surface area (Å²) in [5.41, 5.74) is -1.87. The largest absolute Gasteiger partial charge is 0.459 e. The number of carbonyl (C=O) groups is 2. The van der Waals surface area contributed by atoms with Crippen molar-refractivity contribution in [2.45, 2.75) is 75.7 Å². The first-order valence-corrected chi connectivity index (χ1v) is 13.3. The Bertz CT molecular complexity index is 825. The van der Waals surface area contributed by atoms with Gasteiger partial charge in [-0.1, -0.05) is 25.5 Å². The third-order valence-electron chi connectivity index (χ3n) is 8.68. The Balaban J connectivity index is 1.85. The fourth-order valence-corrected chi connectivity index (χ4v) is 10.5. The molecule has 0 aromatic heterocycles. The van der Waals surface area contributed by atoms with Crippen molar-refractivity contribution in [3.8, 4) is 0 Å². The van der Waals surface area contributed by atoms with Crippen LogP contribution in [0.1, 0.15) is 59.8 Å². The average molecular weight is 453 g/mol. The van der Waals surface area contributed by atoms with E-state index in [1.54, 1.807) is 12.2 Å². The van der Waals surface area contributed by atoms with E-state index < -0.39 is 23.2 Å². The third-order valence-corrected chi connectivity index (χ3v) is 12.3. The third kappa shape index (κ3) is 2.78. The Morgan fingerprint density at radius 1 is 1.30 bits per heavy atom. The summed E-state index contributed by atoms with van der Waals surface area (Å²) in [6.07, 6.45) is 10.3. The molecule has 0 radical (unpaired) electrons. The number of hydrogen-bond acceptors (Lipinski definition) is 5. The Kier molecular flexibility index (Phi) is 5.53. The normalized spacial score (nSPS) is 47.2. The molecule has 0 N–H and O–H groups in total. The van der Waals surface area contributed by atoms with Gasteiger partial charge in [-0.05, 0) is 74.5 Å². The first kappa shape index (κ1) is 22.4. The molecule has 0 aliphatic heterocycles. The molecule has 4 rings (SSSR count). The molecule has 0 bridgehead atoms. The number of halogens is 1. The molecule has 3 fully saturated rings. The lowest BCUT2D eigenvalue weighted by molar-refractivity contribution is -0.209. The van der Waals surface area contributed by atoms with E-state index >= 15 is 4.39 Å². The number of carbonyl (C=O) groups excluding carboxylic acids is 2. The Morgan fingerprint density at radius 3 is 2.67 bits per heavy atom. The van der Waals surface area contributed by atoms with Gasteiger partial charge >= 0.3 is 5.97 Å². The van der Waals surface area contributed by atoms with Gasteiger partial charge in [0.25, 0.3) is 0 Å². The molecule has 166 valence electrons. The molecule has 4 aliphatic carbocycles. The number of allylic oxidation sites excluding steroid dienone is 4. The summed E-state index contributed by atoms with van der Waals surface area (Å²) in [6, 6.07) is 0. The predicted molar refractivity (Wildman–Crippen MR) is 122 cm³/mol. The molecule has 1 unspecified atom stereocenters. The summed E-state index contributed by atoms with van der Waals surface area (Å²) in [6.45, 7) is 7.79. The Morgan fingerprint density at radius 2 is 2.03 bits per heavy atom. The maximum atomic E-state index is 17.5. The number of alkyl halides is 1. The summed E-state index contributed by atoms with van der Waals surface area (Å²) >= 11 is 3.88. The van der Waals surface area contributed by atoms with Crippen molar-refractivity contribution in [1.82, 2.24) is 0 Å². The van der Waals surface area contributed by atoms with Gasteiger partial charge in [-0.3, -0.25) is 9.59 Å². The molecule has 0 aromatic carbocycles. The zero-order valence-electron chi connectivity index (χ0n) is 18.6. The zero-order chi connectivity index (χ0) is 21.9. The van der Waals surface area contributed by atoms with Crippen molar-refractivity contribution in [2.75, 3.05) is 12.0 Å². The lowest BCUT2D eigenvalue weighted by Crippen LogP contribution is -2.68. The molecule has 0 amide bonds. The van der Waals surface area contributed by atoms with Gasteiger partial charge in [0.15, 0.2) is 11.5 Å². The molecule has 7 atom stereocenters. The maximum absolute atomic E-state index is 17.5. The van der Waals surface area contributed by atoms with Gasteiger partial charge in [-0.25, -0.2) is 4.39 Å². The molecule has 0 spiro atoms. The number of fused-ring (bicyclic) bond motifs is 5. The molecule has 4 aliphatic rings. The van der Waals surface area contributed by atoms with Crippen molar-refractivity contribution in [1.29, 1.82) is 0 Å². The van der Waals surface area contributed by atoms with Gasteiger partial charge < -0.3 is 4.74 Å². The van der Waals surface area contributed by atoms with E-state index in [0.717, 1.165) is 30.6 Å². The second kappa shape index (κ2) is 7.40. The van der Waals surface area contributed by atoms with Crippen molar-refractivity contribution < 1.29 is 18.7 Å². The van der Waals surface area contributed by atoms with Crippen LogP contribution in [0.25, 0.3) is 0 Å². The van der Waals surface area contributed by atoms with E-state index in [4.69, 9.17) is 4.74 Å². The minimum Gasteiger partial charge on any atom is -0.459 e. The van der Waals surface area contributed by atoms with Gasteiger partial charge in [0, 0.05) is 18.3 Å². The van der Waals surface area contributed by atoms with Crippen molar-refractivity contribution >= 4 is 35.3 Å². The highest BCUT2D eigenvalue weighted by Gasteiger charge is 2.74.